The van der Waals surface area contributed by atoms with Crippen molar-refractivity contribution in [3.8, 4) is 0 Å². The zero-order chi connectivity index (χ0) is 13.0. The second kappa shape index (κ2) is 5.51. The number of carbonyl (C=O) groups is 1. The van der Waals surface area contributed by atoms with Crippen LogP contribution in [0.3, 0.4) is 0 Å². The molecule has 3 N–H and O–H groups in total. The van der Waals surface area contributed by atoms with E-state index in [1.807, 2.05) is 42.5 Å². The van der Waals surface area contributed by atoms with Gasteiger partial charge in [-0.05, 0) is 24.6 Å². The molecule has 0 unspecified atom stereocenters. The first-order valence-electron chi connectivity index (χ1n) is 5.82. The van der Waals surface area contributed by atoms with Gasteiger partial charge < -0.3 is 10.2 Å². The van der Waals surface area contributed by atoms with E-state index in [4.69, 9.17) is 10.2 Å². The van der Waals surface area contributed by atoms with Gasteiger partial charge in [-0.25, -0.2) is 0 Å². The van der Waals surface area contributed by atoms with E-state index in [0.29, 0.717) is 0 Å². The molecule has 1 amide bonds. The highest BCUT2D eigenvalue weighted by molar-refractivity contribution is 5.79. The van der Waals surface area contributed by atoms with Crippen LogP contribution in [0.15, 0.2) is 53.1 Å². The summed E-state index contributed by atoms with van der Waals surface area (Å²) in [6.07, 6.45) is 1.61. The monoisotopic (exact) mass is 244 g/mol. The molecule has 0 aliphatic carbocycles. The number of rotatable bonds is 5. The number of hydrogen-bond acceptors (Lipinski definition) is 3. The Balaban J connectivity index is 2.27. The van der Waals surface area contributed by atoms with E-state index in [-0.39, 0.29) is 11.9 Å². The minimum Gasteiger partial charge on any atom is -0.467 e. The van der Waals surface area contributed by atoms with Crippen LogP contribution in [-0.4, -0.2) is 11.9 Å². The topological polar surface area (TPSA) is 68.3 Å². The summed E-state index contributed by atoms with van der Waals surface area (Å²) < 4.78 is 5.42. The molecule has 2 atom stereocenters. The second-order valence-corrected chi connectivity index (χ2v) is 4.15. The molecule has 18 heavy (non-hydrogen) atoms. The molecular weight excluding hydrogens is 228 g/mol. The summed E-state index contributed by atoms with van der Waals surface area (Å²) in [6, 6.07) is 12.9. The van der Waals surface area contributed by atoms with E-state index in [9.17, 15) is 4.79 Å². The SMILES string of the molecule is C[C@@H](N[C@H](c1ccccc1)c1ccco1)C(N)=O. The van der Waals surface area contributed by atoms with Gasteiger partial charge in [-0.3, -0.25) is 10.1 Å². The maximum Gasteiger partial charge on any atom is 0.234 e. The van der Waals surface area contributed by atoms with Gasteiger partial charge in [0.2, 0.25) is 5.91 Å². The van der Waals surface area contributed by atoms with E-state index in [1.54, 1.807) is 13.2 Å². The lowest BCUT2D eigenvalue weighted by atomic mass is 10.0. The molecule has 2 rings (SSSR count). The third kappa shape index (κ3) is 2.78. The second-order valence-electron chi connectivity index (χ2n) is 4.15. The van der Waals surface area contributed by atoms with Crippen LogP contribution in [0.25, 0.3) is 0 Å². The average Bonchev–Trinajstić information content (AvgIpc) is 2.90. The molecule has 0 fully saturated rings. The van der Waals surface area contributed by atoms with Crippen molar-refractivity contribution in [2.45, 2.75) is 19.0 Å². The minimum atomic E-state index is -0.430. The number of primary amides is 1. The number of amides is 1. The zero-order valence-corrected chi connectivity index (χ0v) is 10.2. The third-order valence-electron chi connectivity index (χ3n) is 2.80. The van der Waals surface area contributed by atoms with Crippen molar-refractivity contribution in [3.05, 3.63) is 60.1 Å². The molecule has 4 heteroatoms. The van der Waals surface area contributed by atoms with Gasteiger partial charge >= 0.3 is 0 Å². The molecule has 0 radical (unpaired) electrons. The van der Waals surface area contributed by atoms with Gasteiger partial charge in [-0.15, -0.1) is 0 Å². The highest BCUT2D eigenvalue weighted by atomic mass is 16.3. The Morgan fingerprint density at radius 2 is 1.94 bits per heavy atom. The Morgan fingerprint density at radius 3 is 2.50 bits per heavy atom. The molecule has 0 bridgehead atoms. The third-order valence-corrected chi connectivity index (χ3v) is 2.80. The average molecular weight is 244 g/mol. The summed E-state index contributed by atoms with van der Waals surface area (Å²) >= 11 is 0. The van der Waals surface area contributed by atoms with Crippen molar-refractivity contribution in [1.29, 1.82) is 0 Å². The summed E-state index contributed by atoms with van der Waals surface area (Å²) in [5.74, 6) is 0.372. The lowest BCUT2D eigenvalue weighted by molar-refractivity contribution is -0.119. The van der Waals surface area contributed by atoms with Crippen LogP contribution < -0.4 is 11.1 Å². The standard InChI is InChI=1S/C14H16N2O2/c1-10(14(15)17)16-13(12-8-5-9-18-12)11-6-3-2-4-7-11/h2-10,13,16H,1H3,(H2,15,17)/t10-,13-/m1/s1. The molecule has 0 saturated heterocycles. The molecule has 0 aliphatic heterocycles. The lowest BCUT2D eigenvalue weighted by Gasteiger charge is -2.20. The summed E-state index contributed by atoms with van der Waals surface area (Å²) in [6.45, 7) is 1.74. The number of nitrogens with one attached hydrogen (secondary N) is 1. The number of carbonyl (C=O) groups excluding carboxylic acids is 1. The van der Waals surface area contributed by atoms with Gasteiger partial charge in [-0.2, -0.15) is 0 Å². The first-order chi connectivity index (χ1) is 8.68. The zero-order valence-electron chi connectivity index (χ0n) is 10.2. The predicted molar refractivity (Wildman–Crippen MR) is 68.8 cm³/mol. The number of hydrogen-bond donors (Lipinski definition) is 2. The van der Waals surface area contributed by atoms with E-state index in [1.165, 1.54) is 0 Å². The molecule has 1 heterocycles. The van der Waals surface area contributed by atoms with Crippen LogP contribution in [-0.2, 0) is 4.79 Å². The van der Waals surface area contributed by atoms with Crippen molar-refractivity contribution in [3.63, 3.8) is 0 Å². The molecular formula is C14H16N2O2. The largest absolute Gasteiger partial charge is 0.467 e. The van der Waals surface area contributed by atoms with Gasteiger partial charge in [0.25, 0.3) is 0 Å². The Bertz CT molecular complexity index is 494. The van der Waals surface area contributed by atoms with Gasteiger partial charge in [0, 0.05) is 0 Å². The van der Waals surface area contributed by atoms with E-state index in [2.05, 4.69) is 5.32 Å². The minimum absolute atomic E-state index is 0.177. The fraction of sp³-hybridized carbons (Fsp3) is 0.214. The van der Waals surface area contributed by atoms with E-state index < -0.39 is 6.04 Å². The maximum atomic E-state index is 11.2. The Hall–Kier alpha value is -2.07. The normalized spacial score (nSPS) is 14.1. The maximum absolute atomic E-state index is 11.2. The Morgan fingerprint density at radius 1 is 1.22 bits per heavy atom. The van der Waals surface area contributed by atoms with Crippen LogP contribution >= 0.6 is 0 Å². The van der Waals surface area contributed by atoms with Crippen LogP contribution in [0.1, 0.15) is 24.3 Å². The first kappa shape index (κ1) is 12.4. The molecule has 0 saturated carbocycles. The fourth-order valence-electron chi connectivity index (χ4n) is 1.78. The lowest BCUT2D eigenvalue weighted by Crippen LogP contribution is -2.41. The van der Waals surface area contributed by atoms with Crippen LogP contribution in [0.2, 0.25) is 0 Å². The van der Waals surface area contributed by atoms with Crippen LogP contribution in [0.5, 0.6) is 0 Å². The summed E-state index contributed by atoms with van der Waals surface area (Å²) in [7, 11) is 0. The molecule has 94 valence electrons. The molecule has 2 aromatic rings. The smallest absolute Gasteiger partial charge is 0.234 e. The predicted octanol–water partition coefficient (Wildman–Crippen LogP) is 1.83. The molecule has 4 nitrogen and oxygen atoms in total. The molecule has 0 aliphatic rings. The van der Waals surface area contributed by atoms with Gasteiger partial charge in [0.1, 0.15) is 5.76 Å². The van der Waals surface area contributed by atoms with Crippen molar-refractivity contribution in [2.75, 3.05) is 0 Å². The molecule has 1 aromatic heterocycles. The number of benzene rings is 1. The Labute approximate surface area is 106 Å². The van der Waals surface area contributed by atoms with Gasteiger partial charge in [0.05, 0.1) is 18.3 Å². The summed E-state index contributed by atoms with van der Waals surface area (Å²) in [5, 5.41) is 3.17. The van der Waals surface area contributed by atoms with Crippen molar-refractivity contribution >= 4 is 5.91 Å². The van der Waals surface area contributed by atoms with Crippen LogP contribution in [0.4, 0.5) is 0 Å². The fourth-order valence-corrected chi connectivity index (χ4v) is 1.78. The number of furan rings is 1. The Kier molecular flexibility index (Phi) is 3.79. The van der Waals surface area contributed by atoms with Crippen molar-refractivity contribution in [2.24, 2.45) is 5.73 Å². The summed E-state index contributed by atoms with van der Waals surface area (Å²) in [5.41, 5.74) is 6.31. The van der Waals surface area contributed by atoms with Gasteiger partial charge in [-0.1, -0.05) is 30.3 Å². The highest BCUT2D eigenvalue weighted by Crippen LogP contribution is 2.22. The van der Waals surface area contributed by atoms with Crippen molar-refractivity contribution in [1.82, 2.24) is 5.32 Å². The van der Waals surface area contributed by atoms with Crippen molar-refractivity contribution < 1.29 is 9.21 Å². The van der Waals surface area contributed by atoms with E-state index in [0.717, 1.165) is 11.3 Å². The molecule has 0 spiro atoms. The number of nitrogens with two attached hydrogens (primary N) is 1. The summed E-state index contributed by atoms with van der Waals surface area (Å²) in [4.78, 5) is 11.2. The first-order valence-corrected chi connectivity index (χ1v) is 5.82. The quantitative estimate of drug-likeness (QED) is 0.843. The van der Waals surface area contributed by atoms with Crippen LogP contribution in [0, 0.1) is 0 Å². The van der Waals surface area contributed by atoms with E-state index >= 15 is 0 Å². The highest BCUT2D eigenvalue weighted by Gasteiger charge is 2.20. The molecule has 1 aromatic carbocycles. The van der Waals surface area contributed by atoms with Gasteiger partial charge in [0.15, 0.2) is 0 Å².